The summed E-state index contributed by atoms with van der Waals surface area (Å²) in [5.74, 6) is 1.88. The van der Waals surface area contributed by atoms with Crippen LogP contribution in [-0.4, -0.2) is 18.2 Å². The van der Waals surface area contributed by atoms with E-state index < -0.39 is 0 Å². The number of nitrogen functional groups attached to an aromatic ring is 1. The Hall–Kier alpha value is -1.46. The first kappa shape index (κ1) is 12.3. The van der Waals surface area contributed by atoms with Crippen molar-refractivity contribution in [1.82, 2.24) is 4.98 Å². The van der Waals surface area contributed by atoms with Crippen LogP contribution in [0, 0.1) is 0 Å². The zero-order chi connectivity index (χ0) is 13.7. The Labute approximate surface area is 125 Å². The van der Waals surface area contributed by atoms with Crippen LogP contribution in [0.5, 0.6) is 11.5 Å². The highest BCUT2D eigenvalue weighted by atomic mass is 35.5. The van der Waals surface area contributed by atoms with Gasteiger partial charge in [-0.15, -0.1) is 11.3 Å². The van der Waals surface area contributed by atoms with Crippen molar-refractivity contribution in [1.29, 1.82) is 0 Å². The Bertz CT molecular complexity index is 682. The fourth-order valence-electron chi connectivity index (χ4n) is 2.31. The highest BCUT2D eigenvalue weighted by Crippen LogP contribution is 2.47. The second-order valence-corrected chi connectivity index (χ2v) is 6.49. The topological polar surface area (TPSA) is 57.4 Å². The highest BCUT2D eigenvalue weighted by molar-refractivity contribution is 7.16. The lowest BCUT2D eigenvalue weighted by atomic mass is 10.1. The second-order valence-electron chi connectivity index (χ2n) is 5.02. The summed E-state index contributed by atoms with van der Waals surface area (Å²) in [4.78, 5) is 4.67. The van der Waals surface area contributed by atoms with E-state index in [1.807, 2.05) is 12.1 Å². The van der Waals surface area contributed by atoms with Gasteiger partial charge in [-0.2, -0.15) is 0 Å². The summed E-state index contributed by atoms with van der Waals surface area (Å²) in [5, 5.41) is 2.40. The quantitative estimate of drug-likeness (QED) is 0.919. The predicted molar refractivity (Wildman–Crippen MR) is 79.9 cm³/mol. The minimum Gasteiger partial charge on any atom is -0.486 e. The summed E-state index contributed by atoms with van der Waals surface area (Å²) < 4.78 is 11.1. The van der Waals surface area contributed by atoms with E-state index >= 15 is 0 Å². The third-order valence-electron chi connectivity index (χ3n) is 3.47. The van der Waals surface area contributed by atoms with E-state index in [1.54, 1.807) is 11.3 Å². The number of thiazole rings is 1. The molecule has 1 aliphatic carbocycles. The zero-order valence-electron chi connectivity index (χ0n) is 10.7. The number of hydrogen-bond donors (Lipinski definition) is 1. The third kappa shape index (κ3) is 2.01. The normalized spacial score (nSPS) is 17.2. The van der Waals surface area contributed by atoms with Gasteiger partial charge in [0.15, 0.2) is 11.5 Å². The first-order valence-corrected chi connectivity index (χ1v) is 7.77. The van der Waals surface area contributed by atoms with Crippen molar-refractivity contribution in [3.8, 4) is 22.8 Å². The number of ether oxygens (including phenoxy) is 2. The maximum atomic E-state index is 6.26. The molecule has 1 saturated carbocycles. The van der Waals surface area contributed by atoms with Crippen molar-refractivity contribution in [2.45, 2.75) is 18.8 Å². The average Bonchev–Trinajstić information content (AvgIpc) is 3.22. The van der Waals surface area contributed by atoms with Crippen molar-refractivity contribution >= 4 is 27.9 Å². The molecule has 4 rings (SSSR count). The van der Waals surface area contributed by atoms with Crippen molar-refractivity contribution in [3.05, 3.63) is 22.2 Å². The van der Waals surface area contributed by atoms with Gasteiger partial charge in [0, 0.05) is 11.5 Å². The van der Waals surface area contributed by atoms with Crippen LogP contribution in [0.2, 0.25) is 5.02 Å². The minimum atomic E-state index is 0.525. The van der Waals surface area contributed by atoms with Crippen LogP contribution in [0.4, 0.5) is 5.00 Å². The fourth-order valence-corrected chi connectivity index (χ4v) is 3.60. The van der Waals surface area contributed by atoms with Crippen molar-refractivity contribution in [3.63, 3.8) is 0 Å². The molecule has 1 aromatic carbocycles. The lowest BCUT2D eigenvalue weighted by Crippen LogP contribution is -2.15. The Kier molecular flexibility index (Phi) is 2.79. The van der Waals surface area contributed by atoms with Gasteiger partial charge < -0.3 is 15.2 Å². The van der Waals surface area contributed by atoms with Crippen molar-refractivity contribution in [2.75, 3.05) is 18.9 Å². The number of nitrogens with two attached hydrogens (primary N) is 1. The van der Waals surface area contributed by atoms with Gasteiger partial charge in [0.05, 0.1) is 10.0 Å². The molecule has 0 atom stereocenters. The van der Waals surface area contributed by atoms with E-state index in [-0.39, 0.29) is 0 Å². The third-order valence-corrected chi connectivity index (χ3v) is 4.79. The molecule has 2 aliphatic rings. The molecular formula is C14H13ClN2O2S. The van der Waals surface area contributed by atoms with Crippen LogP contribution >= 0.6 is 22.9 Å². The van der Waals surface area contributed by atoms with E-state index in [4.69, 9.17) is 26.8 Å². The fraction of sp³-hybridized carbons (Fsp3) is 0.357. The van der Waals surface area contributed by atoms with Gasteiger partial charge in [-0.3, -0.25) is 0 Å². The molecule has 1 fully saturated rings. The molecular weight excluding hydrogens is 296 g/mol. The molecule has 104 valence electrons. The molecule has 2 heterocycles. The molecule has 0 spiro atoms. The smallest absolute Gasteiger partial charge is 0.179 e. The van der Waals surface area contributed by atoms with Gasteiger partial charge >= 0.3 is 0 Å². The zero-order valence-corrected chi connectivity index (χ0v) is 12.3. The molecule has 1 aromatic heterocycles. The lowest BCUT2D eigenvalue weighted by Gasteiger charge is -2.20. The molecule has 4 nitrogen and oxygen atoms in total. The molecule has 2 N–H and O–H groups in total. The Balaban J connectivity index is 1.79. The summed E-state index contributed by atoms with van der Waals surface area (Å²) in [6.45, 7) is 1.06. The first-order valence-electron chi connectivity index (χ1n) is 6.58. The molecule has 0 amide bonds. The SMILES string of the molecule is Nc1sc(C2CC2)nc1-c1cc(Cl)c2c(c1)OCCO2. The Morgan fingerprint density at radius 3 is 2.85 bits per heavy atom. The predicted octanol–water partition coefficient (Wildman–Crippen LogP) is 3.69. The molecule has 0 saturated heterocycles. The van der Waals surface area contributed by atoms with E-state index in [9.17, 15) is 0 Å². The summed E-state index contributed by atoms with van der Waals surface area (Å²) in [7, 11) is 0. The van der Waals surface area contributed by atoms with Crippen LogP contribution in [0.3, 0.4) is 0 Å². The second kappa shape index (κ2) is 4.53. The molecule has 2 aromatic rings. The van der Waals surface area contributed by atoms with E-state index in [0.717, 1.165) is 21.3 Å². The van der Waals surface area contributed by atoms with Gasteiger partial charge in [-0.1, -0.05) is 11.6 Å². The number of aromatic nitrogens is 1. The first-order chi connectivity index (χ1) is 9.72. The summed E-state index contributed by atoms with van der Waals surface area (Å²) >= 11 is 7.84. The Morgan fingerprint density at radius 1 is 1.25 bits per heavy atom. The number of hydrogen-bond acceptors (Lipinski definition) is 5. The van der Waals surface area contributed by atoms with Crippen LogP contribution in [0.15, 0.2) is 12.1 Å². The summed E-state index contributed by atoms with van der Waals surface area (Å²) in [5.41, 5.74) is 7.80. The van der Waals surface area contributed by atoms with Crippen molar-refractivity contribution in [2.24, 2.45) is 0 Å². The van der Waals surface area contributed by atoms with Gasteiger partial charge in [0.25, 0.3) is 0 Å². The number of benzene rings is 1. The molecule has 1 aliphatic heterocycles. The largest absolute Gasteiger partial charge is 0.486 e. The number of fused-ring (bicyclic) bond motifs is 1. The van der Waals surface area contributed by atoms with Crippen LogP contribution < -0.4 is 15.2 Å². The van der Waals surface area contributed by atoms with Crippen LogP contribution in [0.25, 0.3) is 11.3 Å². The average molecular weight is 309 g/mol. The monoisotopic (exact) mass is 308 g/mol. The van der Waals surface area contributed by atoms with Gasteiger partial charge in [0.1, 0.15) is 23.9 Å². The maximum absolute atomic E-state index is 6.26. The highest BCUT2D eigenvalue weighted by Gasteiger charge is 2.28. The molecule has 0 unspecified atom stereocenters. The molecule has 0 bridgehead atoms. The number of halogens is 1. The van der Waals surface area contributed by atoms with Gasteiger partial charge in [-0.25, -0.2) is 4.98 Å². The maximum Gasteiger partial charge on any atom is 0.179 e. The lowest BCUT2D eigenvalue weighted by molar-refractivity contribution is 0.172. The number of rotatable bonds is 2. The minimum absolute atomic E-state index is 0.525. The van der Waals surface area contributed by atoms with Gasteiger partial charge in [0.2, 0.25) is 0 Å². The van der Waals surface area contributed by atoms with E-state index in [1.165, 1.54) is 12.8 Å². The van der Waals surface area contributed by atoms with Crippen molar-refractivity contribution < 1.29 is 9.47 Å². The van der Waals surface area contributed by atoms with Crippen LogP contribution in [-0.2, 0) is 0 Å². The molecule has 6 heteroatoms. The van der Waals surface area contributed by atoms with Gasteiger partial charge in [-0.05, 0) is 25.0 Å². The standard InChI is InChI=1S/C14H13ClN2O2S/c15-9-5-8(6-10-12(9)19-4-3-18-10)11-13(16)20-14(17-11)7-1-2-7/h5-7H,1-4,16H2. The van der Waals surface area contributed by atoms with Crippen LogP contribution in [0.1, 0.15) is 23.8 Å². The summed E-state index contributed by atoms with van der Waals surface area (Å²) in [6, 6.07) is 3.75. The summed E-state index contributed by atoms with van der Waals surface area (Å²) in [6.07, 6.45) is 2.43. The Morgan fingerprint density at radius 2 is 2.05 bits per heavy atom. The van der Waals surface area contributed by atoms with E-state index in [2.05, 4.69) is 4.98 Å². The van der Waals surface area contributed by atoms with E-state index in [0.29, 0.717) is 35.7 Å². The molecule has 0 radical (unpaired) electrons. The molecule has 20 heavy (non-hydrogen) atoms. The number of nitrogens with zero attached hydrogens (tertiary/aromatic N) is 1. The number of anilines is 1.